The molecule has 2 rings (SSSR count). The molecule has 72 valence electrons. The average molecular weight is 185 g/mol. The summed E-state index contributed by atoms with van der Waals surface area (Å²) in [5, 5.41) is 0. The van der Waals surface area contributed by atoms with Crippen molar-refractivity contribution in [2.45, 2.75) is 26.7 Å². The smallest absolute Gasteiger partial charge is 0.0670 e. The van der Waals surface area contributed by atoms with Crippen LogP contribution in [0.5, 0.6) is 0 Å². The first-order chi connectivity index (χ1) is 6.68. The molecule has 1 aliphatic rings. The van der Waals surface area contributed by atoms with E-state index in [2.05, 4.69) is 50.0 Å². The van der Waals surface area contributed by atoms with E-state index >= 15 is 0 Å². The Morgan fingerprint density at radius 2 is 1.86 bits per heavy atom. The molecule has 0 N–H and O–H groups in total. The van der Waals surface area contributed by atoms with Crippen molar-refractivity contribution >= 4 is 11.4 Å². The van der Waals surface area contributed by atoms with Crippen LogP contribution < -0.4 is 0 Å². The molecule has 0 spiro atoms. The fraction of sp³-hybridized carbons (Fsp3) is 0.308. The van der Waals surface area contributed by atoms with Crippen LogP contribution in [0, 0.1) is 0 Å². The summed E-state index contributed by atoms with van der Waals surface area (Å²) in [5.41, 5.74) is 4.85. The van der Waals surface area contributed by atoms with Crippen LogP contribution in [0.15, 0.2) is 40.9 Å². The third-order valence-corrected chi connectivity index (χ3v) is 2.79. The lowest BCUT2D eigenvalue weighted by atomic mass is 9.98. The molecule has 1 unspecified atom stereocenters. The van der Waals surface area contributed by atoms with Crippen LogP contribution in [0.2, 0.25) is 0 Å². The number of fused-ring (bicyclic) bond motifs is 1. The first-order valence-corrected chi connectivity index (χ1v) is 5.01. The molecule has 1 nitrogen and oxygen atoms in total. The summed E-state index contributed by atoms with van der Waals surface area (Å²) in [4.78, 5) is 4.62. The lowest BCUT2D eigenvalue weighted by molar-refractivity contribution is 0.965. The molecule has 1 aromatic carbocycles. The van der Waals surface area contributed by atoms with E-state index in [0.717, 1.165) is 11.4 Å². The minimum absolute atomic E-state index is 0.465. The zero-order valence-electron chi connectivity index (χ0n) is 8.91. The fourth-order valence-corrected chi connectivity index (χ4v) is 1.83. The highest BCUT2D eigenvalue weighted by Crippen LogP contribution is 2.31. The van der Waals surface area contributed by atoms with Crippen LogP contribution in [0.3, 0.4) is 0 Å². The largest absolute Gasteiger partial charge is 0.253 e. The minimum atomic E-state index is 0.465. The Hall–Kier alpha value is -1.37. The molecule has 0 radical (unpaired) electrons. The molecule has 0 saturated heterocycles. The van der Waals surface area contributed by atoms with Gasteiger partial charge < -0.3 is 0 Å². The number of nitrogens with zero attached hydrogens (tertiary/aromatic N) is 1. The number of benzene rings is 1. The third-order valence-electron chi connectivity index (χ3n) is 2.79. The number of allylic oxidation sites excluding steroid dienone is 2. The third kappa shape index (κ3) is 1.50. The Morgan fingerprint density at radius 3 is 2.64 bits per heavy atom. The summed E-state index contributed by atoms with van der Waals surface area (Å²) < 4.78 is 0. The highest BCUT2D eigenvalue weighted by molar-refractivity contribution is 6.00. The van der Waals surface area contributed by atoms with Gasteiger partial charge in [-0.15, -0.1) is 0 Å². The van der Waals surface area contributed by atoms with Gasteiger partial charge in [0.25, 0.3) is 0 Å². The van der Waals surface area contributed by atoms with Crippen LogP contribution in [-0.4, -0.2) is 5.71 Å². The van der Waals surface area contributed by atoms with Crippen molar-refractivity contribution in [1.29, 1.82) is 0 Å². The second kappa shape index (κ2) is 3.41. The molecule has 1 aliphatic heterocycles. The van der Waals surface area contributed by atoms with Gasteiger partial charge in [0, 0.05) is 11.6 Å². The van der Waals surface area contributed by atoms with Gasteiger partial charge >= 0.3 is 0 Å². The van der Waals surface area contributed by atoms with E-state index < -0.39 is 0 Å². The zero-order chi connectivity index (χ0) is 10.1. The first kappa shape index (κ1) is 9.20. The summed E-state index contributed by atoms with van der Waals surface area (Å²) in [7, 11) is 0. The van der Waals surface area contributed by atoms with Gasteiger partial charge in [-0.3, -0.25) is 4.99 Å². The zero-order valence-corrected chi connectivity index (χ0v) is 8.91. The van der Waals surface area contributed by atoms with Gasteiger partial charge in [0.05, 0.1) is 5.69 Å². The van der Waals surface area contributed by atoms with Gasteiger partial charge in [0.15, 0.2) is 0 Å². The normalized spacial score (nSPS) is 20.6. The number of aliphatic imine (C=N–C) groups is 1. The number of hydrogen-bond acceptors (Lipinski definition) is 1. The Bertz CT molecular complexity index is 413. The lowest BCUT2D eigenvalue weighted by Crippen LogP contribution is -1.92. The highest BCUT2D eigenvalue weighted by Gasteiger charge is 2.12. The van der Waals surface area contributed by atoms with Crippen LogP contribution >= 0.6 is 0 Å². The van der Waals surface area contributed by atoms with Crippen LogP contribution in [0.1, 0.15) is 32.3 Å². The predicted octanol–water partition coefficient (Wildman–Crippen LogP) is 3.84. The maximum absolute atomic E-state index is 4.62. The standard InChI is InChI=1S/C13H15N/c1-9-8-10(2)12-6-4-5-7-13(12)14-11(9)3/h4-8,10H,1-3H3. The van der Waals surface area contributed by atoms with Gasteiger partial charge in [-0.1, -0.05) is 31.2 Å². The van der Waals surface area contributed by atoms with Gasteiger partial charge in [0.1, 0.15) is 0 Å². The van der Waals surface area contributed by atoms with E-state index in [0.29, 0.717) is 5.92 Å². The van der Waals surface area contributed by atoms with Gasteiger partial charge in [-0.25, -0.2) is 0 Å². The van der Waals surface area contributed by atoms with E-state index in [-0.39, 0.29) is 0 Å². The molecule has 0 bridgehead atoms. The Balaban J connectivity index is 2.61. The van der Waals surface area contributed by atoms with Crippen molar-refractivity contribution in [3.05, 3.63) is 41.5 Å². The lowest BCUT2D eigenvalue weighted by Gasteiger charge is -2.07. The molecule has 1 atom stereocenters. The minimum Gasteiger partial charge on any atom is -0.253 e. The van der Waals surface area contributed by atoms with Crippen molar-refractivity contribution in [2.75, 3.05) is 0 Å². The van der Waals surface area contributed by atoms with Crippen LogP contribution in [0.4, 0.5) is 5.69 Å². The fourth-order valence-electron chi connectivity index (χ4n) is 1.83. The highest BCUT2D eigenvalue weighted by atomic mass is 14.8. The number of hydrogen-bond donors (Lipinski definition) is 0. The molecule has 1 heteroatoms. The molecular weight excluding hydrogens is 170 g/mol. The van der Waals surface area contributed by atoms with Gasteiger partial charge in [-0.2, -0.15) is 0 Å². The maximum atomic E-state index is 4.62. The summed E-state index contributed by atoms with van der Waals surface area (Å²) in [6.45, 7) is 6.42. The second-order valence-electron chi connectivity index (χ2n) is 3.89. The first-order valence-electron chi connectivity index (χ1n) is 5.01. The maximum Gasteiger partial charge on any atom is 0.0670 e. The SMILES string of the molecule is CC1=CC(C)c2ccccc2N=C1C. The van der Waals surface area contributed by atoms with E-state index in [4.69, 9.17) is 0 Å². The Morgan fingerprint density at radius 1 is 1.14 bits per heavy atom. The summed E-state index contributed by atoms with van der Waals surface area (Å²) in [6.07, 6.45) is 2.28. The molecule has 1 heterocycles. The summed E-state index contributed by atoms with van der Waals surface area (Å²) >= 11 is 0. The average Bonchev–Trinajstić information content (AvgIpc) is 2.27. The Kier molecular flexibility index (Phi) is 2.24. The quantitative estimate of drug-likeness (QED) is 0.582. The predicted molar refractivity (Wildman–Crippen MR) is 61.4 cm³/mol. The van der Waals surface area contributed by atoms with Gasteiger partial charge in [-0.05, 0) is 31.1 Å². The summed E-state index contributed by atoms with van der Waals surface area (Å²) in [5.74, 6) is 0.465. The monoisotopic (exact) mass is 185 g/mol. The second-order valence-corrected chi connectivity index (χ2v) is 3.89. The Labute approximate surface area is 85.2 Å². The van der Waals surface area contributed by atoms with Crippen molar-refractivity contribution in [3.63, 3.8) is 0 Å². The number of rotatable bonds is 0. The molecule has 0 saturated carbocycles. The molecule has 0 amide bonds. The van der Waals surface area contributed by atoms with E-state index in [1.54, 1.807) is 0 Å². The molecule has 0 fully saturated rings. The topological polar surface area (TPSA) is 12.4 Å². The van der Waals surface area contributed by atoms with Crippen molar-refractivity contribution in [2.24, 2.45) is 4.99 Å². The molecule has 14 heavy (non-hydrogen) atoms. The van der Waals surface area contributed by atoms with Crippen molar-refractivity contribution in [1.82, 2.24) is 0 Å². The van der Waals surface area contributed by atoms with Crippen LogP contribution in [-0.2, 0) is 0 Å². The van der Waals surface area contributed by atoms with Crippen molar-refractivity contribution in [3.8, 4) is 0 Å². The summed E-state index contributed by atoms with van der Waals surface area (Å²) in [6, 6.07) is 8.37. The molecule has 1 aromatic rings. The van der Waals surface area contributed by atoms with E-state index in [1.807, 2.05) is 6.07 Å². The van der Waals surface area contributed by atoms with E-state index in [9.17, 15) is 0 Å². The van der Waals surface area contributed by atoms with E-state index in [1.165, 1.54) is 11.1 Å². The van der Waals surface area contributed by atoms with Crippen molar-refractivity contribution < 1.29 is 0 Å². The molecule has 0 aromatic heterocycles. The van der Waals surface area contributed by atoms with Gasteiger partial charge in [0.2, 0.25) is 0 Å². The molecule has 0 aliphatic carbocycles. The molecular formula is C13H15N. The number of para-hydroxylation sites is 1. The van der Waals surface area contributed by atoms with Crippen LogP contribution in [0.25, 0.3) is 0 Å².